The molecule has 0 fully saturated rings. The number of amides is 2. The van der Waals surface area contributed by atoms with Crippen LogP contribution < -0.4 is 10.6 Å². The summed E-state index contributed by atoms with van der Waals surface area (Å²) in [4.78, 5) is 16.4. The van der Waals surface area contributed by atoms with E-state index in [2.05, 4.69) is 15.6 Å². The molecule has 8 heteroatoms. The monoisotopic (exact) mass is 389 g/mol. The van der Waals surface area contributed by atoms with Gasteiger partial charge in [0.2, 0.25) is 14.2 Å². The Bertz CT molecular complexity index is 1070. The number of benzene rings is 2. The molecule has 0 saturated heterocycles. The van der Waals surface area contributed by atoms with Crippen molar-refractivity contribution in [3.05, 3.63) is 48.0 Å². The van der Waals surface area contributed by atoms with Crippen LogP contribution in [0.2, 0.25) is 0 Å². The van der Waals surface area contributed by atoms with Crippen molar-refractivity contribution in [2.24, 2.45) is 0 Å². The summed E-state index contributed by atoms with van der Waals surface area (Å²) in [6.07, 6.45) is 0. The SMILES string of the molecule is Cc1cccc(NC(=O)Nc2ccc3nc(S(=O)(=O)C(C)C)sc3c2)c1. The summed E-state index contributed by atoms with van der Waals surface area (Å²) in [5.41, 5.74) is 2.91. The highest BCUT2D eigenvalue weighted by Gasteiger charge is 2.23. The third-order valence-electron chi connectivity index (χ3n) is 3.77. The summed E-state index contributed by atoms with van der Waals surface area (Å²) < 4.78 is 25.3. The average Bonchev–Trinajstić information content (AvgIpc) is 2.98. The molecule has 0 unspecified atom stereocenters. The predicted octanol–water partition coefficient (Wildman–Crippen LogP) is 4.43. The van der Waals surface area contributed by atoms with Gasteiger partial charge in [0.25, 0.3) is 0 Å². The van der Waals surface area contributed by atoms with Crippen LogP contribution in [0.5, 0.6) is 0 Å². The lowest BCUT2D eigenvalue weighted by molar-refractivity contribution is 0.262. The van der Waals surface area contributed by atoms with E-state index in [0.717, 1.165) is 16.9 Å². The van der Waals surface area contributed by atoms with E-state index >= 15 is 0 Å². The Kier molecular flexibility index (Phi) is 4.97. The highest BCUT2D eigenvalue weighted by Crippen LogP contribution is 2.29. The van der Waals surface area contributed by atoms with Gasteiger partial charge in [-0.3, -0.25) is 0 Å². The van der Waals surface area contributed by atoms with Gasteiger partial charge in [-0.2, -0.15) is 0 Å². The van der Waals surface area contributed by atoms with Crippen LogP contribution in [0.25, 0.3) is 10.2 Å². The maximum absolute atomic E-state index is 12.3. The molecule has 0 aliphatic heterocycles. The largest absolute Gasteiger partial charge is 0.323 e. The highest BCUT2D eigenvalue weighted by atomic mass is 32.2. The van der Waals surface area contributed by atoms with Crippen LogP contribution >= 0.6 is 11.3 Å². The fourth-order valence-corrected chi connectivity index (χ4v) is 5.00. The molecule has 0 aliphatic carbocycles. The summed E-state index contributed by atoms with van der Waals surface area (Å²) in [6, 6.07) is 12.2. The molecule has 0 radical (unpaired) electrons. The lowest BCUT2D eigenvalue weighted by atomic mass is 10.2. The lowest BCUT2D eigenvalue weighted by Gasteiger charge is -2.08. The second-order valence-corrected chi connectivity index (χ2v) is 9.91. The molecule has 1 heterocycles. The first-order chi connectivity index (χ1) is 12.3. The predicted molar refractivity (Wildman–Crippen MR) is 106 cm³/mol. The molecule has 6 nitrogen and oxygen atoms in total. The molecule has 136 valence electrons. The Balaban J connectivity index is 1.80. The van der Waals surface area contributed by atoms with Gasteiger partial charge in [0.05, 0.1) is 15.5 Å². The Hall–Kier alpha value is -2.45. The van der Waals surface area contributed by atoms with Gasteiger partial charge < -0.3 is 10.6 Å². The van der Waals surface area contributed by atoms with E-state index < -0.39 is 15.1 Å². The number of aryl methyl sites for hydroxylation is 1. The van der Waals surface area contributed by atoms with Gasteiger partial charge >= 0.3 is 6.03 Å². The summed E-state index contributed by atoms with van der Waals surface area (Å²) in [6.45, 7) is 5.21. The number of nitrogens with zero attached hydrogens (tertiary/aromatic N) is 1. The van der Waals surface area contributed by atoms with Crippen molar-refractivity contribution in [3.63, 3.8) is 0 Å². The third-order valence-corrected chi connectivity index (χ3v) is 7.35. The van der Waals surface area contributed by atoms with Crippen molar-refractivity contribution in [3.8, 4) is 0 Å². The maximum atomic E-state index is 12.3. The zero-order chi connectivity index (χ0) is 18.9. The van der Waals surface area contributed by atoms with Crippen LogP contribution in [0.1, 0.15) is 19.4 Å². The van der Waals surface area contributed by atoms with Crippen molar-refractivity contribution in [2.45, 2.75) is 30.4 Å². The average molecular weight is 390 g/mol. The Morgan fingerprint density at radius 3 is 2.42 bits per heavy atom. The molecule has 26 heavy (non-hydrogen) atoms. The molecular formula is C18H19N3O3S2. The molecule has 2 N–H and O–H groups in total. The first kappa shape index (κ1) is 18.3. The minimum absolute atomic E-state index is 0.101. The number of aromatic nitrogens is 1. The number of sulfone groups is 1. The lowest BCUT2D eigenvalue weighted by Crippen LogP contribution is -2.19. The van der Waals surface area contributed by atoms with E-state index in [1.807, 2.05) is 31.2 Å². The summed E-state index contributed by atoms with van der Waals surface area (Å²) in [5.74, 6) is 0. The second kappa shape index (κ2) is 7.05. The Labute approximate surface area is 156 Å². The van der Waals surface area contributed by atoms with E-state index in [1.165, 1.54) is 0 Å². The minimum Gasteiger partial charge on any atom is -0.308 e. The highest BCUT2D eigenvalue weighted by molar-refractivity contribution is 7.94. The van der Waals surface area contributed by atoms with Crippen molar-refractivity contribution in [1.29, 1.82) is 0 Å². The van der Waals surface area contributed by atoms with Crippen LogP contribution in [0, 0.1) is 6.92 Å². The smallest absolute Gasteiger partial charge is 0.308 e. The number of hydrogen-bond donors (Lipinski definition) is 2. The van der Waals surface area contributed by atoms with Crippen LogP contribution in [-0.4, -0.2) is 24.7 Å². The molecule has 0 aliphatic rings. The Morgan fingerprint density at radius 2 is 1.77 bits per heavy atom. The second-order valence-electron chi connectivity index (χ2n) is 6.20. The summed E-state index contributed by atoms with van der Waals surface area (Å²) in [5, 5.41) is 4.99. The molecule has 3 rings (SSSR count). The molecule has 1 aromatic heterocycles. The van der Waals surface area contributed by atoms with Gasteiger partial charge in [-0.1, -0.05) is 12.1 Å². The fraction of sp³-hybridized carbons (Fsp3) is 0.222. The number of carbonyl (C=O) groups excluding carboxylic acids is 1. The number of anilines is 2. The van der Waals surface area contributed by atoms with E-state index in [0.29, 0.717) is 21.6 Å². The van der Waals surface area contributed by atoms with Gasteiger partial charge in [-0.15, -0.1) is 11.3 Å². The normalized spacial score (nSPS) is 11.7. The van der Waals surface area contributed by atoms with Crippen LogP contribution in [0.15, 0.2) is 46.8 Å². The number of fused-ring (bicyclic) bond motifs is 1. The van der Waals surface area contributed by atoms with Crippen molar-refractivity contribution < 1.29 is 13.2 Å². The van der Waals surface area contributed by atoms with E-state index in [1.54, 1.807) is 32.0 Å². The third kappa shape index (κ3) is 3.86. The number of thiazole rings is 1. The number of carbonyl (C=O) groups is 1. The molecule has 2 aromatic carbocycles. The molecule has 0 atom stereocenters. The molecule has 3 aromatic rings. The number of nitrogens with one attached hydrogen (secondary N) is 2. The van der Waals surface area contributed by atoms with E-state index in [4.69, 9.17) is 0 Å². The van der Waals surface area contributed by atoms with Crippen molar-refractivity contribution in [2.75, 3.05) is 10.6 Å². The van der Waals surface area contributed by atoms with E-state index in [-0.39, 0.29) is 10.4 Å². The molecular weight excluding hydrogens is 370 g/mol. The topological polar surface area (TPSA) is 88.2 Å². The van der Waals surface area contributed by atoms with Crippen molar-refractivity contribution >= 4 is 48.8 Å². The number of rotatable bonds is 4. The molecule has 0 spiro atoms. The van der Waals surface area contributed by atoms with Gasteiger partial charge in [-0.05, 0) is 56.7 Å². The van der Waals surface area contributed by atoms with Gasteiger partial charge in [0.15, 0.2) is 0 Å². The van der Waals surface area contributed by atoms with Crippen molar-refractivity contribution in [1.82, 2.24) is 4.98 Å². The first-order valence-corrected chi connectivity index (χ1v) is 10.4. The number of hydrogen-bond acceptors (Lipinski definition) is 5. The molecule has 2 amide bonds. The summed E-state index contributed by atoms with van der Waals surface area (Å²) >= 11 is 1.11. The molecule has 0 saturated carbocycles. The summed E-state index contributed by atoms with van der Waals surface area (Å²) in [7, 11) is -3.41. The number of urea groups is 1. The van der Waals surface area contributed by atoms with Gasteiger partial charge in [0.1, 0.15) is 0 Å². The standard InChI is InChI=1S/C18H19N3O3S2/c1-11(2)26(23,24)18-21-15-8-7-14(10-16(15)25-18)20-17(22)19-13-6-4-5-12(3)9-13/h4-11H,1-3H3,(H2,19,20,22). The van der Waals surface area contributed by atoms with Gasteiger partial charge in [0, 0.05) is 11.4 Å². The Morgan fingerprint density at radius 1 is 1.08 bits per heavy atom. The molecule has 0 bridgehead atoms. The van der Waals surface area contributed by atoms with E-state index in [9.17, 15) is 13.2 Å². The zero-order valence-electron chi connectivity index (χ0n) is 14.6. The minimum atomic E-state index is -3.41. The fourth-order valence-electron chi connectivity index (χ4n) is 2.32. The van der Waals surface area contributed by atoms with Gasteiger partial charge in [-0.25, -0.2) is 18.2 Å². The van der Waals surface area contributed by atoms with Crippen LogP contribution in [-0.2, 0) is 9.84 Å². The van der Waals surface area contributed by atoms with Crippen LogP contribution in [0.4, 0.5) is 16.2 Å². The first-order valence-electron chi connectivity index (χ1n) is 8.05. The maximum Gasteiger partial charge on any atom is 0.323 e. The quantitative estimate of drug-likeness (QED) is 0.691. The van der Waals surface area contributed by atoms with Crippen LogP contribution in [0.3, 0.4) is 0 Å². The zero-order valence-corrected chi connectivity index (χ0v) is 16.2.